The van der Waals surface area contributed by atoms with Crippen LogP contribution in [0.2, 0.25) is 0 Å². The lowest BCUT2D eigenvalue weighted by Crippen LogP contribution is -2.34. The maximum Gasteiger partial charge on any atom is 0.249 e. The molecular weight excluding hydrogens is 214 g/mol. The summed E-state index contributed by atoms with van der Waals surface area (Å²) < 4.78 is 25.6. The molecule has 3 rings (SSSR count). The Morgan fingerprint density at radius 2 is 1.88 bits per heavy atom. The summed E-state index contributed by atoms with van der Waals surface area (Å²) in [5.41, 5.74) is 8.42. The van der Waals surface area contributed by atoms with E-state index in [0.29, 0.717) is 16.7 Å². The number of aromatic nitrogens is 3. The highest BCUT2D eigenvalue weighted by Gasteiger charge is 2.46. The molecule has 1 aliphatic carbocycles. The highest BCUT2D eigenvalue weighted by atomic mass is 19.3. The Balaban J connectivity index is 2.00. The van der Waals surface area contributed by atoms with E-state index >= 15 is 0 Å². The number of nitrogens with zero attached hydrogens (tertiary/aromatic N) is 2. The van der Waals surface area contributed by atoms with Crippen LogP contribution in [-0.4, -0.2) is 21.3 Å². The van der Waals surface area contributed by atoms with Crippen molar-refractivity contribution in [3.05, 3.63) is 17.7 Å². The van der Waals surface area contributed by atoms with E-state index in [1.165, 1.54) is 0 Å². The Morgan fingerprint density at radius 1 is 1.25 bits per heavy atom. The van der Waals surface area contributed by atoms with Crippen molar-refractivity contribution in [2.24, 2.45) is 0 Å². The number of alkyl halides is 2. The highest BCUT2D eigenvalue weighted by molar-refractivity contribution is 5.80. The molecule has 0 radical (unpaired) electrons. The van der Waals surface area contributed by atoms with Crippen LogP contribution in [-0.2, 0) is 0 Å². The number of benzene rings is 1. The summed E-state index contributed by atoms with van der Waals surface area (Å²) in [7, 11) is 0. The molecule has 1 heterocycles. The minimum Gasteiger partial charge on any atom is -0.398 e. The molecule has 84 valence electrons. The molecule has 0 unspecified atom stereocenters. The van der Waals surface area contributed by atoms with Gasteiger partial charge in [-0.3, -0.25) is 0 Å². The van der Waals surface area contributed by atoms with Crippen LogP contribution in [0.4, 0.5) is 14.5 Å². The average molecular weight is 224 g/mol. The molecule has 3 N–H and O–H groups in total. The average Bonchev–Trinajstić information content (AvgIpc) is 2.59. The molecule has 2 aromatic rings. The summed E-state index contributed by atoms with van der Waals surface area (Å²) in [5.74, 6) is -2.69. The normalized spacial score (nSPS) is 19.9. The number of nitrogen functional groups attached to an aromatic ring is 1. The fraction of sp³-hybridized carbons (Fsp3) is 0.400. The van der Waals surface area contributed by atoms with Crippen molar-refractivity contribution in [1.82, 2.24) is 15.4 Å². The quantitative estimate of drug-likeness (QED) is 0.728. The van der Waals surface area contributed by atoms with Crippen LogP contribution in [0.3, 0.4) is 0 Å². The minimum atomic E-state index is -2.53. The fourth-order valence-electron chi connectivity index (χ4n) is 2.16. The van der Waals surface area contributed by atoms with Crippen LogP contribution >= 0.6 is 0 Å². The van der Waals surface area contributed by atoms with Crippen LogP contribution in [0.15, 0.2) is 12.1 Å². The molecular formula is C10H10F2N4. The molecule has 0 aliphatic heterocycles. The van der Waals surface area contributed by atoms with E-state index in [1.807, 2.05) is 0 Å². The standard InChI is InChI=1S/C10H10F2N4/c11-10(12)3-5(4-10)6-1-8-9(2-7(6)13)15-16-14-8/h1-2,5H,3-4,13H2,(H,14,15,16). The fourth-order valence-corrected chi connectivity index (χ4v) is 2.16. The van der Waals surface area contributed by atoms with E-state index in [0.717, 1.165) is 5.56 Å². The van der Waals surface area contributed by atoms with Gasteiger partial charge in [0.25, 0.3) is 0 Å². The van der Waals surface area contributed by atoms with E-state index in [2.05, 4.69) is 15.4 Å². The number of hydrogen-bond donors (Lipinski definition) is 2. The lowest BCUT2D eigenvalue weighted by molar-refractivity contribution is -0.0865. The van der Waals surface area contributed by atoms with Crippen molar-refractivity contribution in [3.8, 4) is 0 Å². The monoisotopic (exact) mass is 224 g/mol. The largest absolute Gasteiger partial charge is 0.398 e. The Morgan fingerprint density at radius 3 is 2.50 bits per heavy atom. The third-order valence-corrected chi connectivity index (χ3v) is 3.05. The van der Waals surface area contributed by atoms with Gasteiger partial charge in [0.05, 0.1) is 0 Å². The molecule has 0 saturated heterocycles. The van der Waals surface area contributed by atoms with Crippen molar-refractivity contribution in [1.29, 1.82) is 0 Å². The second-order valence-electron chi connectivity index (χ2n) is 4.25. The van der Waals surface area contributed by atoms with Crippen LogP contribution in [0.5, 0.6) is 0 Å². The summed E-state index contributed by atoms with van der Waals surface area (Å²) in [4.78, 5) is 0. The smallest absolute Gasteiger partial charge is 0.249 e. The second-order valence-corrected chi connectivity index (χ2v) is 4.25. The molecule has 1 fully saturated rings. The molecule has 0 bridgehead atoms. The SMILES string of the molecule is Nc1cc2n[nH]nc2cc1C1CC(F)(F)C1. The van der Waals surface area contributed by atoms with E-state index in [-0.39, 0.29) is 18.8 Å². The predicted octanol–water partition coefficient (Wildman–Crippen LogP) is 2.05. The van der Waals surface area contributed by atoms with Gasteiger partial charge < -0.3 is 5.73 Å². The van der Waals surface area contributed by atoms with E-state index in [9.17, 15) is 8.78 Å². The molecule has 0 amide bonds. The molecule has 16 heavy (non-hydrogen) atoms. The Kier molecular flexibility index (Phi) is 1.72. The summed E-state index contributed by atoms with van der Waals surface area (Å²) in [5, 5.41) is 10.3. The van der Waals surface area contributed by atoms with Gasteiger partial charge in [0.1, 0.15) is 11.0 Å². The molecule has 0 atom stereocenters. The summed E-state index contributed by atoms with van der Waals surface area (Å²) in [6.07, 6.45) is -0.249. The van der Waals surface area contributed by atoms with Gasteiger partial charge >= 0.3 is 0 Å². The number of aromatic amines is 1. The molecule has 4 nitrogen and oxygen atoms in total. The number of nitrogens with two attached hydrogens (primary N) is 1. The first kappa shape index (κ1) is 9.50. The number of H-pyrrole nitrogens is 1. The molecule has 1 aliphatic rings. The summed E-state index contributed by atoms with van der Waals surface area (Å²) in [6.45, 7) is 0. The third kappa shape index (κ3) is 1.33. The molecule has 1 saturated carbocycles. The van der Waals surface area contributed by atoms with Crippen molar-refractivity contribution in [2.45, 2.75) is 24.7 Å². The van der Waals surface area contributed by atoms with Crippen LogP contribution in [0, 0.1) is 0 Å². The number of hydrogen-bond acceptors (Lipinski definition) is 3. The first-order valence-electron chi connectivity index (χ1n) is 5.03. The zero-order chi connectivity index (χ0) is 11.3. The number of nitrogens with one attached hydrogen (secondary N) is 1. The van der Waals surface area contributed by atoms with Gasteiger partial charge in [-0.25, -0.2) is 8.78 Å². The van der Waals surface area contributed by atoms with Crippen molar-refractivity contribution >= 4 is 16.7 Å². The van der Waals surface area contributed by atoms with Gasteiger partial charge in [-0.05, 0) is 23.6 Å². The molecule has 6 heteroatoms. The topological polar surface area (TPSA) is 67.6 Å². The van der Waals surface area contributed by atoms with Gasteiger partial charge in [-0.1, -0.05) is 0 Å². The van der Waals surface area contributed by atoms with Crippen molar-refractivity contribution in [2.75, 3.05) is 5.73 Å². The van der Waals surface area contributed by atoms with Crippen LogP contribution in [0.25, 0.3) is 11.0 Å². The maximum absolute atomic E-state index is 12.8. The zero-order valence-electron chi connectivity index (χ0n) is 8.37. The Bertz CT molecular complexity index is 541. The first-order valence-corrected chi connectivity index (χ1v) is 5.03. The predicted molar refractivity (Wildman–Crippen MR) is 55.2 cm³/mol. The molecule has 0 spiro atoms. The maximum atomic E-state index is 12.8. The van der Waals surface area contributed by atoms with Crippen molar-refractivity contribution < 1.29 is 8.78 Å². The van der Waals surface area contributed by atoms with Crippen LogP contribution in [0.1, 0.15) is 24.3 Å². The molecule has 1 aromatic carbocycles. The summed E-state index contributed by atoms with van der Waals surface area (Å²) >= 11 is 0. The van der Waals surface area contributed by atoms with Crippen LogP contribution < -0.4 is 5.73 Å². The minimum absolute atomic E-state index is 0.124. The highest BCUT2D eigenvalue weighted by Crippen LogP contribution is 2.49. The Labute approximate surface area is 89.8 Å². The Hall–Kier alpha value is -1.72. The number of halogens is 2. The lowest BCUT2D eigenvalue weighted by Gasteiger charge is -2.35. The van der Waals surface area contributed by atoms with Gasteiger partial charge in [0, 0.05) is 18.5 Å². The van der Waals surface area contributed by atoms with E-state index < -0.39 is 5.92 Å². The van der Waals surface area contributed by atoms with Gasteiger partial charge in [-0.2, -0.15) is 15.4 Å². The second kappa shape index (κ2) is 2.90. The van der Waals surface area contributed by atoms with E-state index in [4.69, 9.17) is 5.73 Å². The molecule has 1 aromatic heterocycles. The number of fused-ring (bicyclic) bond motifs is 1. The lowest BCUT2D eigenvalue weighted by atomic mass is 9.76. The number of rotatable bonds is 1. The van der Waals surface area contributed by atoms with Gasteiger partial charge in [-0.15, -0.1) is 0 Å². The van der Waals surface area contributed by atoms with Gasteiger partial charge in [0.2, 0.25) is 5.92 Å². The zero-order valence-corrected chi connectivity index (χ0v) is 8.37. The summed E-state index contributed by atoms with van der Waals surface area (Å²) in [6, 6.07) is 3.42. The van der Waals surface area contributed by atoms with Crippen molar-refractivity contribution in [3.63, 3.8) is 0 Å². The van der Waals surface area contributed by atoms with Gasteiger partial charge in [0.15, 0.2) is 0 Å². The first-order chi connectivity index (χ1) is 7.55. The third-order valence-electron chi connectivity index (χ3n) is 3.05. The number of anilines is 1. The van der Waals surface area contributed by atoms with E-state index in [1.54, 1.807) is 12.1 Å².